The molecule has 1 aromatic heterocycles. The van der Waals surface area contributed by atoms with E-state index in [1.165, 1.54) is 24.0 Å². The molecule has 1 aliphatic heterocycles. The van der Waals surface area contributed by atoms with Gasteiger partial charge in [0.05, 0.1) is 12.4 Å². The number of unbranched alkanes of at least 4 members (excludes halogenated alkanes) is 1. The van der Waals surface area contributed by atoms with Crippen molar-refractivity contribution in [1.29, 1.82) is 0 Å². The zero-order valence-corrected chi connectivity index (χ0v) is 12.4. The molecule has 0 saturated heterocycles. The van der Waals surface area contributed by atoms with Gasteiger partial charge in [-0.2, -0.15) is 0 Å². The minimum atomic E-state index is 0.118. The molecule has 1 amide bonds. The number of nitrogens with one attached hydrogen (secondary N) is 1. The lowest BCUT2D eigenvalue weighted by Gasteiger charge is -2.22. The van der Waals surface area contributed by atoms with Gasteiger partial charge in [-0.15, -0.1) is 0 Å². The first-order valence-electron chi connectivity index (χ1n) is 7.68. The highest BCUT2D eigenvalue weighted by molar-refractivity contribution is 5.93. The Balaban J connectivity index is 1.90. The van der Waals surface area contributed by atoms with Crippen molar-refractivity contribution in [3.63, 3.8) is 0 Å². The standard InChI is InChI=1S/C17H21N3O/c1-2-3-4-16(20-10-9-18-12-20)14-5-7-15-13(11-14)6-8-17(21)19-15/h5,7,9-12,16H,2-4,6,8H2,1H3,(H,19,21). The molecule has 2 aromatic rings. The van der Waals surface area contributed by atoms with E-state index in [-0.39, 0.29) is 5.91 Å². The average Bonchev–Trinajstić information content (AvgIpc) is 3.02. The molecule has 0 bridgehead atoms. The Kier molecular flexibility index (Phi) is 4.04. The molecule has 3 rings (SSSR count). The Morgan fingerprint density at radius 3 is 3.05 bits per heavy atom. The molecule has 1 aliphatic rings. The smallest absolute Gasteiger partial charge is 0.224 e. The van der Waals surface area contributed by atoms with Crippen LogP contribution in [-0.4, -0.2) is 15.5 Å². The van der Waals surface area contributed by atoms with Gasteiger partial charge in [0, 0.05) is 24.5 Å². The minimum absolute atomic E-state index is 0.118. The summed E-state index contributed by atoms with van der Waals surface area (Å²) in [5, 5.41) is 2.95. The molecular weight excluding hydrogens is 262 g/mol. The number of aromatic nitrogens is 2. The number of anilines is 1. The molecule has 1 atom stereocenters. The van der Waals surface area contributed by atoms with E-state index in [9.17, 15) is 4.79 Å². The lowest BCUT2D eigenvalue weighted by molar-refractivity contribution is -0.116. The summed E-state index contributed by atoms with van der Waals surface area (Å²) in [6.45, 7) is 2.22. The van der Waals surface area contributed by atoms with Gasteiger partial charge >= 0.3 is 0 Å². The Morgan fingerprint density at radius 1 is 1.38 bits per heavy atom. The van der Waals surface area contributed by atoms with Crippen molar-refractivity contribution < 1.29 is 4.79 Å². The largest absolute Gasteiger partial charge is 0.330 e. The van der Waals surface area contributed by atoms with Crippen molar-refractivity contribution in [2.24, 2.45) is 0 Å². The van der Waals surface area contributed by atoms with E-state index in [1.807, 2.05) is 24.8 Å². The number of nitrogens with zero attached hydrogens (tertiary/aromatic N) is 2. The summed E-state index contributed by atoms with van der Waals surface area (Å²) in [5.41, 5.74) is 3.51. The molecule has 21 heavy (non-hydrogen) atoms. The SMILES string of the molecule is CCCCC(c1ccc2c(c1)CCC(=O)N2)n1ccnc1. The Hall–Kier alpha value is -2.10. The highest BCUT2D eigenvalue weighted by atomic mass is 16.1. The van der Waals surface area contributed by atoms with Crippen molar-refractivity contribution in [2.75, 3.05) is 5.32 Å². The molecule has 1 unspecified atom stereocenters. The zero-order valence-electron chi connectivity index (χ0n) is 12.4. The number of amides is 1. The van der Waals surface area contributed by atoms with Gasteiger partial charge in [-0.3, -0.25) is 4.79 Å². The molecule has 0 radical (unpaired) electrons. The van der Waals surface area contributed by atoms with Crippen LogP contribution in [0.25, 0.3) is 0 Å². The summed E-state index contributed by atoms with van der Waals surface area (Å²) in [4.78, 5) is 15.6. The highest BCUT2D eigenvalue weighted by Gasteiger charge is 2.18. The second kappa shape index (κ2) is 6.12. The molecular formula is C17H21N3O. The number of hydrogen-bond acceptors (Lipinski definition) is 2. The van der Waals surface area contributed by atoms with Gasteiger partial charge in [0.1, 0.15) is 0 Å². The van der Waals surface area contributed by atoms with Crippen LogP contribution in [0.3, 0.4) is 0 Å². The summed E-state index contributed by atoms with van der Waals surface area (Å²) >= 11 is 0. The summed E-state index contributed by atoms with van der Waals surface area (Å²) in [7, 11) is 0. The average molecular weight is 283 g/mol. The Bertz CT molecular complexity index is 619. The molecule has 1 N–H and O–H groups in total. The summed E-state index contributed by atoms with van der Waals surface area (Å²) in [5.74, 6) is 0.118. The molecule has 4 heteroatoms. The summed E-state index contributed by atoms with van der Waals surface area (Å²) in [6, 6.07) is 6.74. The van der Waals surface area contributed by atoms with Gasteiger partial charge < -0.3 is 9.88 Å². The van der Waals surface area contributed by atoms with Crippen LogP contribution in [-0.2, 0) is 11.2 Å². The highest BCUT2D eigenvalue weighted by Crippen LogP contribution is 2.30. The van der Waals surface area contributed by atoms with E-state index in [1.54, 1.807) is 0 Å². The third-order valence-electron chi connectivity index (χ3n) is 4.13. The first kappa shape index (κ1) is 13.9. The van der Waals surface area contributed by atoms with Gasteiger partial charge in [0.15, 0.2) is 0 Å². The van der Waals surface area contributed by atoms with Crippen LogP contribution in [0, 0.1) is 0 Å². The van der Waals surface area contributed by atoms with Gasteiger partial charge in [-0.1, -0.05) is 31.9 Å². The van der Waals surface area contributed by atoms with Crippen molar-refractivity contribution in [1.82, 2.24) is 9.55 Å². The lowest BCUT2D eigenvalue weighted by Crippen LogP contribution is -2.19. The van der Waals surface area contributed by atoms with E-state index >= 15 is 0 Å². The maximum atomic E-state index is 11.4. The normalized spacial score (nSPS) is 15.4. The van der Waals surface area contributed by atoms with E-state index in [2.05, 4.69) is 33.9 Å². The fourth-order valence-corrected chi connectivity index (χ4v) is 2.95. The van der Waals surface area contributed by atoms with E-state index in [0.29, 0.717) is 12.5 Å². The van der Waals surface area contributed by atoms with Crippen LogP contribution >= 0.6 is 0 Å². The number of benzene rings is 1. The summed E-state index contributed by atoms with van der Waals surface area (Å²) < 4.78 is 2.18. The molecule has 0 saturated carbocycles. The number of carbonyl (C=O) groups is 1. The Labute approximate surface area is 125 Å². The van der Waals surface area contributed by atoms with Gasteiger partial charge in [0.2, 0.25) is 5.91 Å². The number of carbonyl (C=O) groups excluding carboxylic acids is 1. The van der Waals surface area contributed by atoms with Crippen molar-refractivity contribution in [3.8, 4) is 0 Å². The van der Waals surface area contributed by atoms with Crippen molar-refractivity contribution in [2.45, 2.75) is 45.1 Å². The lowest BCUT2D eigenvalue weighted by atomic mass is 9.95. The number of imidazole rings is 1. The molecule has 0 aliphatic carbocycles. The predicted molar refractivity (Wildman–Crippen MR) is 83.3 cm³/mol. The molecule has 1 aromatic carbocycles. The molecule has 4 nitrogen and oxygen atoms in total. The van der Waals surface area contributed by atoms with E-state index < -0.39 is 0 Å². The van der Waals surface area contributed by atoms with Gasteiger partial charge in [0.25, 0.3) is 0 Å². The maximum Gasteiger partial charge on any atom is 0.224 e. The topological polar surface area (TPSA) is 46.9 Å². The fraction of sp³-hybridized carbons (Fsp3) is 0.412. The quantitative estimate of drug-likeness (QED) is 0.912. The first-order chi connectivity index (χ1) is 10.3. The van der Waals surface area contributed by atoms with Crippen LogP contribution in [0.2, 0.25) is 0 Å². The van der Waals surface area contributed by atoms with Crippen molar-refractivity contribution >= 4 is 11.6 Å². The van der Waals surface area contributed by atoms with Gasteiger partial charge in [-0.25, -0.2) is 4.98 Å². The first-order valence-corrected chi connectivity index (χ1v) is 7.68. The maximum absolute atomic E-state index is 11.4. The molecule has 0 spiro atoms. The van der Waals surface area contributed by atoms with Crippen LogP contribution in [0.5, 0.6) is 0 Å². The molecule has 2 heterocycles. The molecule has 0 fully saturated rings. The van der Waals surface area contributed by atoms with E-state index in [0.717, 1.165) is 18.5 Å². The zero-order chi connectivity index (χ0) is 14.7. The van der Waals surface area contributed by atoms with Crippen LogP contribution in [0.1, 0.15) is 49.8 Å². The number of aryl methyl sites for hydroxylation is 1. The van der Waals surface area contributed by atoms with Crippen LogP contribution < -0.4 is 5.32 Å². The Morgan fingerprint density at radius 2 is 2.29 bits per heavy atom. The van der Waals surface area contributed by atoms with E-state index in [4.69, 9.17) is 0 Å². The predicted octanol–water partition coefficient (Wildman–Crippen LogP) is 3.55. The van der Waals surface area contributed by atoms with Crippen molar-refractivity contribution in [3.05, 3.63) is 48.0 Å². The number of fused-ring (bicyclic) bond motifs is 1. The third-order valence-corrected chi connectivity index (χ3v) is 4.13. The second-order valence-corrected chi connectivity index (χ2v) is 5.63. The van der Waals surface area contributed by atoms with Gasteiger partial charge in [-0.05, 0) is 30.0 Å². The third kappa shape index (κ3) is 2.99. The van der Waals surface area contributed by atoms with Crippen LogP contribution in [0.15, 0.2) is 36.9 Å². The monoisotopic (exact) mass is 283 g/mol. The molecule has 110 valence electrons. The second-order valence-electron chi connectivity index (χ2n) is 5.63. The van der Waals surface area contributed by atoms with Crippen LogP contribution in [0.4, 0.5) is 5.69 Å². The summed E-state index contributed by atoms with van der Waals surface area (Å²) in [6.07, 6.45) is 10.7. The fourth-order valence-electron chi connectivity index (χ4n) is 2.95. The minimum Gasteiger partial charge on any atom is -0.330 e. The number of rotatable bonds is 5. The number of hydrogen-bond donors (Lipinski definition) is 1.